The average molecular weight is 287 g/mol. The topological polar surface area (TPSA) is 53.9 Å². The summed E-state index contributed by atoms with van der Waals surface area (Å²) in [5.74, 6) is 0. The van der Waals surface area contributed by atoms with Gasteiger partial charge in [-0.2, -0.15) is 5.10 Å². The van der Waals surface area contributed by atoms with Crippen LogP contribution in [0.15, 0.2) is 41.1 Å². The lowest BCUT2D eigenvalue weighted by Crippen LogP contribution is -2.23. The molecule has 112 valence electrons. The molecule has 1 amide bonds. The van der Waals surface area contributed by atoms with Gasteiger partial charge in [0.25, 0.3) is 0 Å². The van der Waals surface area contributed by atoms with Gasteiger partial charge in [-0.1, -0.05) is 32.0 Å². The maximum Gasteiger partial charge on any atom is 0.427 e. The Labute approximate surface area is 125 Å². The molecule has 0 aliphatic carbocycles. The summed E-state index contributed by atoms with van der Waals surface area (Å²) in [6.45, 7) is 6.42. The number of nitrogens with one attached hydrogen (secondary N) is 1. The van der Waals surface area contributed by atoms with Gasteiger partial charge in [-0.3, -0.25) is 0 Å². The minimum Gasteiger partial charge on any atom is -0.449 e. The molecule has 1 N–H and O–H groups in total. The van der Waals surface area contributed by atoms with Crippen molar-refractivity contribution in [3.63, 3.8) is 0 Å². The maximum atomic E-state index is 11.1. The van der Waals surface area contributed by atoms with Gasteiger partial charge in [0.1, 0.15) is 0 Å². The molecule has 0 aromatic heterocycles. The Balaban J connectivity index is 2.16. The molecule has 1 heterocycles. The zero-order valence-corrected chi connectivity index (χ0v) is 12.9. The molecule has 5 nitrogen and oxygen atoms in total. The third kappa shape index (κ3) is 2.91. The Morgan fingerprint density at radius 2 is 2.14 bits per heavy atom. The molecule has 0 saturated heterocycles. The predicted molar refractivity (Wildman–Crippen MR) is 84.6 cm³/mol. The third-order valence-corrected chi connectivity index (χ3v) is 3.68. The third-order valence-electron chi connectivity index (χ3n) is 3.68. The minimum atomic E-state index is -0.547. The number of amides is 1. The summed E-state index contributed by atoms with van der Waals surface area (Å²) in [5.41, 5.74) is 5.82. The fourth-order valence-corrected chi connectivity index (χ4v) is 2.66. The van der Waals surface area contributed by atoms with Crippen LogP contribution in [0.4, 0.5) is 10.5 Å². The van der Waals surface area contributed by atoms with Crippen LogP contribution in [0, 0.1) is 0 Å². The smallest absolute Gasteiger partial charge is 0.427 e. The minimum absolute atomic E-state index is 0.0959. The second-order valence-electron chi connectivity index (χ2n) is 5.36. The molecule has 0 spiro atoms. The van der Waals surface area contributed by atoms with Gasteiger partial charge < -0.3 is 9.64 Å². The summed E-state index contributed by atoms with van der Waals surface area (Å²) in [6, 6.07) is 8.32. The molecule has 2 rings (SSSR count). The molecule has 1 aromatic rings. The number of anilines is 1. The molecule has 0 atom stereocenters. The number of benzene rings is 1. The standard InChI is InChI=1S/C16H21N3O2/c1-5-21-15(20)18-17-11-10-14-16(2,3)12-8-6-7-9-13(12)19(14)4/h6-11H,5H2,1-4H3,(H,18,20)/b14-10+,17-11-. The monoisotopic (exact) mass is 287 g/mol. The maximum absolute atomic E-state index is 11.1. The van der Waals surface area contributed by atoms with E-state index in [0.29, 0.717) is 6.61 Å². The Bertz CT molecular complexity index is 591. The number of likely N-dealkylation sites (N-methyl/N-ethyl adjacent to an activating group) is 1. The number of fused-ring (bicyclic) bond motifs is 1. The Kier molecular flexibility index (Phi) is 4.31. The van der Waals surface area contributed by atoms with E-state index in [9.17, 15) is 4.79 Å². The van der Waals surface area contributed by atoms with E-state index >= 15 is 0 Å². The van der Waals surface area contributed by atoms with Crippen molar-refractivity contribution < 1.29 is 9.53 Å². The number of nitrogens with zero attached hydrogens (tertiary/aromatic N) is 2. The number of carbonyl (C=O) groups is 1. The van der Waals surface area contributed by atoms with Crippen molar-refractivity contribution in [3.8, 4) is 0 Å². The first-order valence-corrected chi connectivity index (χ1v) is 6.98. The normalized spacial score (nSPS) is 18.1. The summed E-state index contributed by atoms with van der Waals surface area (Å²) in [4.78, 5) is 13.3. The van der Waals surface area contributed by atoms with E-state index < -0.39 is 6.09 Å². The fraction of sp³-hybridized carbons (Fsp3) is 0.375. The van der Waals surface area contributed by atoms with E-state index in [1.54, 1.807) is 13.1 Å². The summed E-state index contributed by atoms with van der Waals surface area (Å²) in [7, 11) is 2.03. The van der Waals surface area contributed by atoms with E-state index in [0.717, 1.165) is 5.70 Å². The van der Waals surface area contributed by atoms with Crippen LogP contribution < -0.4 is 10.3 Å². The highest BCUT2D eigenvalue weighted by Crippen LogP contribution is 2.46. The SMILES string of the molecule is CCOC(=O)N/N=C\C=C1\N(C)c2ccccc2C1(C)C. The van der Waals surface area contributed by atoms with E-state index in [1.165, 1.54) is 11.3 Å². The molecular weight excluding hydrogens is 266 g/mol. The van der Waals surface area contributed by atoms with Crippen molar-refractivity contribution in [2.75, 3.05) is 18.6 Å². The van der Waals surface area contributed by atoms with Crippen LogP contribution in [0.25, 0.3) is 0 Å². The number of carbonyl (C=O) groups excluding carboxylic acids is 1. The largest absolute Gasteiger partial charge is 0.449 e. The van der Waals surface area contributed by atoms with Gasteiger partial charge in [0.15, 0.2) is 0 Å². The van der Waals surface area contributed by atoms with Crippen molar-refractivity contribution >= 4 is 18.0 Å². The van der Waals surface area contributed by atoms with Crippen molar-refractivity contribution in [1.29, 1.82) is 0 Å². The summed E-state index contributed by atoms with van der Waals surface area (Å²) in [5, 5.41) is 3.86. The number of hydrogen-bond acceptors (Lipinski definition) is 4. The number of rotatable bonds is 3. The molecule has 1 aliphatic rings. The van der Waals surface area contributed by atoms with Crippen LogP contribution in [0.5, 0.6) is 0 Å². The lowest BCUT2D eigenvalue weighted by molar-refractivity contribution is 0.152. The molecule has 5 heteroatoms. The van der Waals surface area contributed by atoms with Crippen molar-refractivity contribution in [2.24, 2.45) is 5.10 Å². The molecular formula is C16H21N3O2. The van der Waals surface area contributed by atoms with E-state index in [-0.39, 0.29) is 5.41 Å². The van der Waals surface area contributed by atoms with Gasteiger partial charge in [-0.25, -0.2) is 10.2 Å². The number of hydrazone groups is 1. The van der Waals surface area contributed by atoms with Crippen molar-refractivity contribution in [3.05, 3.63) is 41.6 Å². The molecule has 0 radical (unpaired) electrons. The second kappa shape index (κ2) is 5.99. The van der Waals surface area contributed by atoms with Gasteiger partial charge in [-0.15, -0.1) is 0 Å². The Morgan fingerprint density at radius 1 is 1.43 bits per heavy atom. The first-order valence-electron chi connectivity index (χ1n) is 6.98. The molecule has 0 saturated carbocycles. The molecule has 1 aliphatic heterocycles. The lowest BCUT2D eigenvalue weighted by atomic mass is 9.84. The quantitative estimate of drug-likeness (QED) is 0.686. The van der Waals surface area contributed by atoms with Gasteiger partial charge >= 0.3 is 6.09 Å². The predicted octanol–water partition coefficient (Wildman–Crippen LogP) is 3.03. The van der Waals surface area contributed by atoms with E-state index in [2.05, 4.69) is 41.4 Å². The van der Waals surface area contributed by atoms with Crippen molar-refractivity contribution in [2.45, 2.75) is 26.2 Å². The summed E-state index contributed by atoms with van der Waals surface area (Å²) in [6.07, 6.45) is 2.94. The zero-order valence-electron chi connectivity index (χ0n) is 12.9. The first kappa shape index (κ1) is 15.1. The second-order valence-corrected chi connectivity index (χ2v) is 5.36. The van der Waals surface area contributed by atoms with Crippen LogP contribution in [0.3, 0.4) is 0 Å². The van der Waals surface area contributed by atoms with Crippen molar-refractivity contribution in [1.82, 2.24) is 5.43 Å². The molecule has 0 bridgehead atoms. The van der Waals surface area contributed by atoms with Crippen LogP contribution in [0.2, 0.25) is 0 Å². The average Bonchev–Trinajstić information content (AvgIpc) is 2.64. The fourth-order valence-electron chi connectivity index (χ4n) is 2.66. The van der Waals surface area contributed by atoms with E-state index in [4.69, 9.17) is 4.74 Å². The first-order chi connectivity index (χ1) is 9.98. The summed E-state index contributed by atoms with van der Waals surface area (Å²) < 4.78 is 4.73. The van der Waals surface area contributed by atoms with Gasteiger partial charge in [0.2, 0.25) is 0 Å². The zero-order chi connectivity index (χ0) is 15.5. The molecule has 1 aromatic carbocycles. The highest BCUT2D eigenvalue weighted by molar-refractivity contribution is 5.80. The Hall–Kier alpha value is -2.30. The van der Waals surface area contributed by atoms with Crippen LogP contribution >= 0.6 is 0 Å². The van der Waals surface area contributed by atoms with Gasteiger partial charge in [0.05, 0.1) is 6.61 Å². The number of ether oxygens (including phenoxy) is 1. The molecule has 0 unspecified atom stereocenters. The van der Waals surface area contributed by atoms with Gasteiger partial charge in [0, 0.05) is 30.1 Å². The highest BCUT2D eigenvalue weighted by atomic mass is 16.5. The van der Waals surface area contributed by atoms with Crippen LogP contribution in [-0.4, -0.2) is 26.0 Å². The highest BCUT2D eigenvalue weighted by Gasteiger charge is 2.37. The number of allylic oxidation sites excluding steroid dienone is 2. The summed E-state index contributed by atoms with van der Waals surface area (Å²) >= 11 is 0. The molecule has 21 heavy (non-hydrogen) atoms. The van der Waals surface area contributed by atoms with Gasteiger partial charge in [-0.05, 0) is 24.6 Å². The lowest BCUT2D eigenvalue weighted by Gasteiger charge is -2.23. The van der Waals surface area contributed by atoms with E-state index in [1.807, 2.05) is 25.3 Å². The van der Waals surface area contributed by atoms with Crippen LogP contribution in [0.1, 0.15) is 26.3 Å². The van der Waals surface area contributed by atoms with Crippen LogP contribution in [-0.2, 0) is 10.2 Å². The Morgan fingerprint density at radius 3 is 2.81 bits per heavy atom. The number of para-hydroxylation sites is 1. The molecule has 0 fully saturated rings. The number of hydrogen-bond donors (Lipinski definition) is 1.